The lowest BCUT2D eigenvalue weighted by molar-refractivity contribution is -0.122. The van der Waals surface area contributed by atoms with Gasteiger partial charge in [0.15, 0.2) is 0 Å². The number of amides is 1. The van der Waals surface area contributed by atoms with Crippen LogP contribution in [0, 0.1) is 0 Å². The average molecular weight is 354 g/mol. The first-order valence-electron chi connectivity index (χ1n) is 6.13. The monoisotopic (exact) mass is 353 g/mol. The van der Waals surface area contributed by atoms with Crippen LogP contribution in [-0.2, 0) is 14.8 Å². The summed E-state index contributed by atoms with van der Waals surface area (Å²) in [6.45, 7) is 5.51. The van der Waals surface area contributed by atoms with Crippen LogP contribution in [0.25, 0.3) is 0 Å². The Morgan fingerprint density at radius 2 is 1.95 bits per heavy atom. The molecule has 1 amide bonds. The average Bonchev–Trinajstić information content (AvgIpc) is 2.29. The molecule has 0 spiro atoms. The first-order valence-corrected chi connectivity index (χ1v) is 8.37. The van der Waals surface area contributed by atoms with Gasteiger partial charge in [-0.2, -0.15) is 0 Å². The van der Waals surface area contributed by atoms with Crippen molar-refractivity contribution in [1.29, 1.82) is 0 Å². The first kappa shape index (κ1) is 18.2. The molecule has 0 atom stereocenters. The SMILES string of the molecule is CC(C)(C)NC(=O)CCNS(=O)(=O)c1cnc(Cl)c(Cl)c1. The second kappa shape index (κ2) is 6.91. The van der Waals surface area contributed by atoms with E-state index in [1.807, 2.05) is 20.8 Å². The molecule has 21 heavy (non-hydrogen) atoms. The number of aromatic nitrogens is 1. The molecule has 0 aliphatic carbocycles. The van der Waals surface area contributed by atoms with Crippen LogP contribution in [-0.4, -0.2) is 31.4 Å². The maximum absolute atomic E-state index is 12.0. The fraction of sp³-hybridized carbons (Fsp3) is 0.500. The van der Waals surface area contributed by atoms with E-state index in [1.54, 1.807) is 0 Å². The van der Waals surface area contributed by atoms with Gasteiger partial charge in [-0.25, -0.2) is 18.1 Å². The lowest BCUT2D eigenvalue weighted by Crippen LogP contribution is -2.41. The van der Waals surface area contributed by atoms with Gasteiger partial charge in [-0.1, -0.05) is 23.2 Å². The highest BCUT2D eigenvalue weighted by molar-refractivity contribution is 7.89. The molecule has 1 rings (SSSR count). The normalized spacial score (nSPS) is 12.2. The number of carbonyl (C=O) groups excluding carboxylic acids is 1. The Kier molecular flexibility index (Phi) is 5.98. The van der Waals surface area contributed by atoms with Crippen molar-refractivity contribution >= 4 is 39.1 Å². The fourth-order valence-electron chi connectivity index (χ4n) is 1.41. The van der Waals surface area contributed by atoms with Crippen LogP contribution in [0.3, 0.4) is 0 Å². The van der Waals surface area contributed by atoms with Gasteiger partial charge in [0.05, 0.1) is 5.02 Å². The standard InChI is InChI=1S/C12H17Cl2N3O3S/c1-12(2,3)17-10(18)4-5-16-21(19,20)8-6-9(13)11(14)15-7-8/h6-7,16H,4-5H2,1-3H3,(H,17,18). The molecule has 6 nitrogen and oxygen atoms in total. The van der Waals surface area contributed by atoms with E-state index in [0.717, 1.165) is 6.20 Å². The number of pyridine rings is 1. The van der Waals surface area contributed by atoms with Crippen molar-refractivity contribution < 1.29 is 13.2 Å². The Morgan fingerprint density at radius 1 is 1.33 bits per heavy atom. The summed E-state index contributed by atoms with van der Waals surface area (Å²) in [6.07, 6.45) is 1.14. The van der Waals surface area contributed by atoms with Crippen LogP contribution < -0.4 is 10.0 Å². The van der Waals surface area contributed by atoms with Gasteiger partial charge < -0.3 is 5.32 Å². The van der Waals surface area contributed by atoms with Crippen molar-refractivity contribution in [3.05, 3.63) is 22.4 Å². The number of nitrogens with one attached hydrogen (secondary N) is 2. The summed E-state index contributed by atoms with van der Waals surface area (Å²) in [5.74, 6) is -0.238. The van der Waals surface area contributed by atoms with Crippen molar-refractivity contribution in [1.82, 2.24) is 15.0 Å². The molecule has 1 aromatic rings. The van der Waals surface area contributed by atoms with Gasteiger partial charge in [-0.05, 0) is 26.8 Å². The summed E-state index contributed by atoms with van der Waals surface area (Å²) >= 11 is 11.4. The first-order chi connectivity index (χ1) is 9.51. The van der Waals surface area contributed by atoms with Gasteiger partial charge in [0, 0.05) is 24.7 Å². The van der Waals surface area contributed by atoms with Gasteiger partial charge in [-0.3, -0.25) is 4.79 Å². The van der Waals surface area contributed by atoms with Gasteiger partial charge in [0.1, 0.15) is 10.0 Å². The molecule has 1 aromatic heterocycles. The number of rotatable bonds is 5. The van der Waals surface area contributed by atoms with E-state index in [2.05, 4.69) is 15.0 Å². The van der Waals surface area contributed by atoms with Crippen molar-refractivity contribution in [2.24, 2.45) is 0 Å². The lowest BCUT2D eigenvalue weighted by atomic mass is 10.1. The quantitative estimate of drug-likeness (QED) is 0.792. The Hall–Kier alpha value is -0.890. The van der Waals surface area contributed by atoms with Crippen molar-refractivity contribution in [3.8, 4) is 0 Å². The van der Waals surface area contributed by atoms with Crippen LogP contribution >= 0.6 is 23.2 Å². The van der Waals surface area contributed by atoms with Crippen molar-refractivity contribution in [3.63, 3.8) is 0 Å². The molecule has 0 radical (unpaired) electrons. The highest BCUT2D eigenvalue weighted by atomic mass is 35.5. The summed E-state index contributed by atoms with van der Waals surface area (Å²) < 4.78 is 26.3. The molecule has 0 aliphatic heterocycles. The van der Waals surface area contributed by atoms with E-state index in [9.17, 15) is 13.2 Å². The zero-order valence-electron chi connectivity index (χ0n) is 11.9. The molecule has 2 N–H and O–H groups in total. The van der Waals surface area contributed by atoms with E-state index < -0.39 is 10.0 Å². The Morgan fingerprint density at radius 3 is 2.48 bits per heavy atom. The third-order valence-electron chi connectivity index (χ3n) is 2.24. The van der Waals surface area contributed by atoms with Crippen molar-refractivity contribution in [2.45, 2.75) is 37.6 Å². The Bertz CT molecular complexity index is 627. The van der Waals surface area contributed by atoms with Crippen LogP contribution in [0.1, 0.15) is 27.2 Å². The second-order valence-electron chi connectivity index (χ2n) is 5.39. The topological polar surface area (TPSA) is 88.2 Å². The van der Waals surface area contributed by atoms with Gasteiger partial charge in [0.25, 0.3) is 0 Å². The molecular formula is C12H17Cl2N3O3S. The molecule has 1 heterocycles. The molecule has 0 aliphatic rings. The number of hydrogen-bond donors (Lipinski definition) is 2. The molecule has 0 bridgehead atoms. The van der Waals surface area contributed by atoms with E-state index in [-0.39, 0.29) is 39.5 Å². The van der Waals surface area contributed by atoms with Gasteiger partial charge in [-0.15, -0.1) is 0 Å². The maximum Gasteiger partial charge on any atom is 0.242 e. The summed E-state index contributed by atoms with van der Waals surface area (Å²) in [5.41, 5.74) is -0.358. The molecule has 118 valence electrons. The minimum atomic E-state index is -3.77. The number of halogens is 2. The highest BCUT2D eigenvalue weighted by Crippen LogP contribution is 2.21. The number of nitrogens with zero attached hydrogens (tertiary/aromatic N) is 1. The fourth-order valence-corrected chi connectivity index (χ4v) is 2.75. The van der Waals surface area contributed by atoms with Crippen LogP contribution in [0.4, 0.5) is 0 Å². The molecule has 0 aromatic carbocycles. The van der Waals surface area contributed by atoms with Gasteiger partial charge in [0.2, 0.25) is 15.9 Å². The predicted octanol–water partition coefficient (Wildman–Crippen LogP) is 1.97. The maximum atomic E-state index is 12.0. The molecule has 0 saturated carbocycles. The molecule has 9 heteroatoms. The van der Waals surface area contributed by atoms with E-state index >= 15 is 0 Å². The summed E-state index contributed by atoms with van der Waals surface area (Å²) in [7, 11) is -3.77. The largest absolute Gasteiger partial charge is 0.351 e. The number of sulfonamides is 1. The molecular weight excluding hydrogens is 337 g/mol. The summed E-state index contributed by atoms with van der Waals surface area (Å²) in [6, 6.07) is 1.20. The predicted molar refractivity (Wildman–Crippen MR) is 82.0 cm³/mol. The number of hydrogen-bond acceptors (Lipinski definition) is 4. The van der Waals surface area contributed by atoms with Crippen LogP contribution in [0.2, 0.25) is 10.2 Å². The smallest absolute Gasteiger partial charge is 0.242 e. The van der Waals surface area contributed by atoms with E-state index in [0.29, 0.717) is 0 Å². The number of carbonyl (C=O) groups is 1. The molecule has 0 unspecified atom stereocenters. The lowest BCUT2D eigenvalue weighted by Gasteiger charge is -2.20. The van der Waals surface area contributed by atoms with Crippen molar-refractivity contribution in [2.75, 3.05) is 6.54 Å². The second-order valence-corrected chi connectivity index (χ2v) is 7.92. The Labute approximate surface area is 134 Å². The van der Waals surface area contributed by atoms with Gasteiger partial charge >= 0.3 is 0 Å². The third-order valence-corrected chi connectivity index (χ3v) is 4.35. The summed E-state index contributed by atoms with van der Waals surface area (Å²) in [4.78, 5) is 15.2. The minimum Gasteiger partial charge on any atom is -0.351 e. The van der Waals surface area contributed by atoms with E-state index in [1.165, 1.54) is 6.07 Å². The van der Waals surface area contributed by atoms with Crippen LogP contribution in [0.5, 0.6) is 0 Å². The third kappa shape index (κ3) is 6.17. The molecule has 0 saturated heterocycles. The zero-order chi connectivity index (χ0) is 16.3. The summed E-state index contributed by atoms with van der Waals surface area (Å²) in [5, 5.41) is 2.81. The highest BCUT2D eigenvalue weighted by Gasteiger charge is 2.18. The Balaban J connectivity index is 2.61. The van der Waals surface area contributed by atoms with Crippen LogP contribution in [0.15, 0.2) is 17.2 Å². The molecule has 0 fully saturated rings. The van der Waals surface area contributed by atoms with E-state index in [4.69, 9.17) is 23.2 Å². The zero-order valence-corrected chi connectivity index (χ0v) is 14.2. The minimum absolute atomic E-state index is 0.0233.